The number of nitrogens with zero attached hydrogens (tertiary/aromatic N) is 5. The molecule has 5 aliphatic rings. The lowest BCUT2D eigenvalue weighted by molar-refractivity contribution is -0.135. The number of hydrogen-bond acceptors (Lipinski definition) is 10. The number of nitrogens with one attached hydrogen (secondary N) is 3. The van der Waals surface area contributed by atoms with Gasteiger partial charge in [0.15, 0.2) is 0 Å². The highest BCUT2D eigenvalue weighted by molar-refractivity contribution is 7.18. The summed E-state index contributed by atoms with van der Waals surface area (Å²) in [7, 11) is 4.88. The molecule has 0 radical (unpaired) electrons. The number of hydrogen-bond donors (Lipinski definition) is 3. The van der Waals surface area contributed by atoms with Crippen molar-refractivity contribution in [1.82, 2.24) is 35.3 Å². The minimum atomic E-state index is -0.686. The van der Waals surface area contributed by atoms with Crippen molar-refractivity contribution in [2.75, 3.05) is 34.4 Å². The van der Waals surface area contributed by atoms with Crippen LogP contribution in [0.4, 0.5) is 15.3 Å². The lowest BCUT2D eigenvalue weighted by Crippen LogP contribution is -2.53. The maximum absolute atomic E-state index is 13.8. The van der Waals surface area contributed by atoms with Crippen molar-refractivity contribution in [3.05, 3.63) is 71.2 Å². The summed E-state index contributed by atoms with van der Waals surface area (Å²) in [5, 5.41) is 5.49. The van der Waals surface area contributed by atoms with Crippen LogP contribution >= 0.6 is 11.3 Å². The highest BCUT2D eigenvalue weighted by Crippen LogP contribution is 2.58. The van der Waals surface area contributed by atoms with Gasteiger partial charge in [-0.15, -0.1) is 11.3 Å². The number of benzene rings is 2. The largest absolute Gasteiger partial charge is 0.453 e. The van der Waals surface area contributed by atoms with Gasteiger partial charge in [-0.1, -0.05) is 45.9 Å². The van der Waals surface area contributed by atoms with Gasteiger partial charge in [0.2, 0.25) is 11.8 Å². The predicted molar refractivity (Wildman–Crippen MR) is 243 cm³/mol. The first-order chi connectivity index (χ1) is 30.4. The van der Waals surface area contributed by atoms with Gasteiger partial charge in [-0.05, 0) is 115 Å². The van der Waals surface area contributed by atoms with E-state index in [0.717, 1.165) is 66.3 Å². The van der Waals surface area contributed by atoms with E-state index < -0.39 is 24.3 Å². The van der Waals surface area contributed by atoms with E-state index in [4.69, 9.17) is 19.5 Å². The van der Waals surface area contributed by atoms with Crippen molar-refractivity contribution in [1.29, 1.82) is 0 Å². The van der Waals surface area contributed by atoms with Gasteiger partial charge in [0, 0.05) is 42.2 Å². The lowest BCUT2D eigenvalue weighted by Gasteiger charge is -2.30. The Labute approximate surface area is 372 Å². The Morgan fingerprint density at radius 3 is 1.97 bits per heavy atom. The fourth-order valence-electron chi connectivity index (χ4n) is 10.7. The number of H-pyrrole nitrogens is 1. The van der Waals surface area contributed by atoms with Crippen LogP contribution in [0.15, 0.2) is 53.7 Å². The Morgan fingerprint density at radius 1 is 0.746 bits per heavy atom. The van der Waals surface area contributed by atoms with E-state index in [2.05, 4.69) is 70.0 Å². The van der Waals surface area contributed by atoms with Crippen LogP contribution in [0.1, 0.15) is 107 Å². The van der Waals surface area contributed by atoms with Crippen molar-refractivity contribution >= 4 is 46.7 Å². The molecule has 3 N–H and O–H groups in total. The molecule has 63 heavy (non-hydrogen) atoms. The van der Waals surface area contributed by atoms with E-state index in [9.17, 15) is 19.2 Å². The van der Waals surface area contributed by atoms with E-state index in [1.165, 1.54) is 52.5 Å². The number of imidazole rings is 1. The SMILES string of the molecule is COC(=O)N[C@H](C(=O)N1CCC[C@H]1C1=Nc2ccc(-c3ccc(-c4ccc(-c5cnc([C@@H]6CCCN6C(=O)[C@@H](NC(=O)OC)C(C)C)[nH]5)s4)c4c3C3CCC4N3C)cc2C1)C(C)C. The Morgan fingerprint density at radius 2 is 1.33 bits per heavy atom. The summed E-state index contributed by atoms with van der Waals surface area (Å²) in [6.07, 6.45) is 6.99. The molecule has 0 spiro atoms. The molecule has 14 nitrogen and oxygen atoms in total. The van der Waals surface area contributed by atoms with Crippen molar-refractivity contribution in [2.24, 2.45) is 16.8 Å². The molecule has 3 fully saturated rings. The number of ether oxygens (including phenoxy) is 2. The van der Waals surface area contributed by atoms with Gasteiger partial charge in [0.05, 0.1) is 48.8 Å². The summed E-state index contributed by atoms with van der Waals surface area (Å²) in [5.41, 5.74) is 10.6. The van der Waals surface area contributed by atoms with Crippen molar-refractivity contribution in [3.63, 3.8) is 0 Å². The van der Waals surface area contributed by atoms with E-state index in [-0.39, 0.29) is 35.7 Å². The number of carbonyl (C=O) groups is 4. The quantitative estimate of drug-likeness (QED) is 0.136. The molecule has 3 saturated heterocycles. The van der Waals surface area contributed by atoms with E-state index >= 15 is 0 Å². The molecular weight excluding hydrogens is 817 g/mol. The number of thiophene rings is 1. The van der Waals surface area contributed by atoms with E-state index in [0.29, 0.717) is 31.6 Å². The third kappa shape index (κ3) is 7.70. The second-order valence-corrected chi connectivity index (χ2v) is 19.4. The van der Waals surface area contributed by atoms with Crippen LogP contribution in [-0.4, -0.2) is 107 Å². The highest BCUT2D eigenvalue weighted by atomic mass is 32.1. The number of fused-ring (bicyclic) bond motifs is 6. The summed E-state index contributed by atoms with van der Waals surface area (Å²) in [6.45, 7) is 8.95. The van der Waals surface area contributed by atoms with Crippen LogP contribution in [-0.2, 0) is 25.5 Å². The molecule has 15 heteroatoms. The standard InChI is InChI=1S/C48H58N8O6S/c1-25(2)42(52-47(59)61-6)45(57)55-20-8-10-34(55)32-23-28-22-27(12-15-31(28)50-32)29-13-14-30(41-36-17-16-35(40(29)41)54(36)5)38-18-19-39(63-38)33-24-49-44(51-33)37-11-9-21-56(37)46(58)43(26(3)4)53-48(60)62-7/h12-15,18-19,22,24-26,34-37,42-43H,8-11,16-17,20-21,23H2,1-7H3,(H,49,51)(H,52,59)(H,53,60)/t34-,35?,36?,37-,42-,43-/m0/s1. The molecule has 2 aromatic heterocycles. The molecule has 2 bridgehead atoms. The maximum atomic E-state index is 13.8. The number of aliphatic imine (C=N–C) groups is 1. The Bertz CT molecular complexity index is 2470. The van der Waals surface area contributed by atoms with Gasteiger partial charge < -0.3 is 34.9 Å². The van der Waals surface area contributed by atoms with Crippen LogP contribution in [0.3, 0.4) is 0 Å². The van der Waals surface area contributed by atoms with Gasteiger partial charge in [0.1, 0.15) is 17.9 Å². The van der Waals surface area contributed by atoms with Crippen LogP contribution in [0.25, 0.3) is 32.1 Å². The third-order valence-corrected chi connectivity index (χ3v) is 15.1. The summed E-state index contributed by atoms with van der Waals surface area (Å²) >= 11 is 1.75. The second-order valence-electron chi connectivity index (χ2n) is 18.3. The zero-order valence-electron chi connectivity index (χ0n) is 37.2. The summed E-state index contributed by atoms with van der Waals surface area (Å²) in [6, 6.07) is 14.7. The molecule has 4 amide bonds. The topological polar surface area (TPSA) is 162 Å². The number of amides is 4. The zero-order chi connectivity index (χ0) is 44.3. The van der Waals surface area contributed by atoms with Gasteiger partial charge in [0.25, 0.3) is 0 Å². The first-order valence-electron chi connectivity index (χ1n) is 22.4. The molecule has 2 unspecified atom stereocenters. The second kappa shape index (κ2) is 17.2. The minimum absolute atomic E-state index is 0.0874. The smallest absolute Gasteiger partial charge is 0.407 e. The fraction of sp³-hybridized carbons (Fsp3) is 0.500. The van der Waals surface area contributed by atoms with Gasteiger partial charge >= 0.3 is 12.2 Å². The average Bonchev–Trinajstić information content (AvgIpc) is 4.14. The third-order valence-electron chi connectivity index (χ3n) is 14.0. The Hall–Kier alpha value is -5.54. The number of rotatable bonds is 11. The normalized spacial score (nSPS) is 22.3. The molecule has 5 aliphatic heterocycles. The van der Waals surface area contributed by atoms with Crippen LogP contribution in [0, 0.1) is 11.8 Å². The molecule has 0 saturated carbocycles. The number of alkyl carbamates (subject to hydrolysis) is 2. The fourth-order valence-corrected chi connectivity index (χ4v) is 11.8. The molecule has 4 aromatic rings. The molecular formula is C48H58N8O6S. The molecule has 7 heterocycles. The summed E-state index contributed by atoms with van der Waals surface area (Å²) < 4.78 is 9.64. The number of carbonyl (C=O) groups excluding carboxylic acids is 4. The summed E-state index contributed by atoms with van der Waals surface area (Å²) in [5.74, 6) is 0.349. The molecule has 0 aliphatic carbocycles. The zero-order valence-corrected chi connectivity index (χ0v) is 38.0. The first-order valence-corrected chi connectivity index (χ1v) is 23.2. The number of methoxy groups -OCH3 is 2. The Kier molecular flexibility index (Phi) is 11.7. The Balaban J connectivity index is 0.948. The molecule has 332 valence electrons. The molecule has 9 rings (SSSR count). The highest BCUT2D eigenvalue weighted by Gasteiger charge is 2.45. The van der Waals surface area contributed by atoms with Crippen molar-refractivity contribution in [2.45, 2.75) is 109 Å². The number of likely N-dealkylation sites (tertiary alicyclic amines) is 2. The van der Waals surface area contributed by atoms with Gasteiger partial charge in [-0.25, -0.2) is 14.6 Å². The number of aromatic amines is 1. The monoisotopic (exact) mass is 874 g/mol. The summed E-state index contributed by atoms with van der Waals surface area (Å²) in [4.78, 5) is 73.8. The van der Waals surface area contributed by atoms with Crippen LogP contribution in [0.5, 0.6) is 0 Å². The number of aromatic nitrogens is 2. The lowest BCUT2D eigenvalue weighted by atomic mass is 9.82. The van der Waals surface area contributed by atoms with Gasteiger partial charge in [-0.2, -0.15) is 0 Å². The van der Waals surface area contributed by atoms with Crippen LogP contribution in [0.2, 0.25) is 0 Å². The van der Waals surface area contributed by atoms with E-state index in [1.807, 2.05) is 43.7 Å². The average molecular weight is 875 g/mol. The van der Waals surface area contributed by atoms with Gasteiger partial charge in [-0.3, -0.25) is 19.5 Å². The molecule has 2 aromatic carbocycles. The molecule has 6 atom stereocenters. The van der Waals surface area contributed by atoms with Crippen molar-refractivity contribution < 1.29 is 28.7 Å². The van der Waals surface area contributed by atoms with E-state index in [1.54, 1.807) is 11.3 Å². The maximum Gasteiger partial charge on any atom is 0.407 e. The van der Waals surface area contributed by atoms with Crippen molar-refractivity contribution in [3.8, 4) is 32.1 Å². The van der Waals surface area contributed by atoms with Crippen LogP contribution < -0.4 is 10.6 Å². The first kappa shape index (κ1) is 42.7. The predicted octanol–water partition coefficient (Wildman–Crippen LogP) is 8.34. The minimum Gasteiger partial charge on any atom is -0.453 e.